The van der Waals surface area contributed by atoms with Gasteiger partial charge in [-0.2, -0.15) is 0 Å². The second kappa shape index (κ2) is 3.21. The first-order chi connectivity index (χ1) is 6.72. The Hall–Kier alpha value is -1.71. The van der Waals surface area contributed by atoms with Gasteiger partial charge in [0.1, 0.15) is 0 Å². The maximum atomic E-state index is 11.4. The molecule has 0 saturated carbocycles. The summed E-state index contributed by atoms with van der Waals surface area (Å²) >= 11 is 0. The van der Waals surface area contributed by atoms with Gasteiger partial charge in [-0.05, 0) is 13.0 Å². The van der Waals surface area contributed by atoms with Gasteiger partial charge in [0, 0.05) is 23.7 Å². The smallest absolute Gasteiger partial charge is 0.231 e. The maximum Gasteiger partial charge on any atom is 0.231 e. The molecule has 0 atom stereocenters. The summed E-state index contributed by atoms with van der Waals surface area (Å²) in [5, 5.41) is 0. The monoisotopic (exact) mass is 192 g/mol. The molecule has 0 unspecified atom stereocenters. The Morgan fingerprint density at radius 2 is 2.07 bits per heavy atom. The number of hydrogen-bond acceptors (Lipinski definition) is 4. The van der Waals surface area contributed by atoms with Gasteiger partial charge in [0.2, 0.25) is 6.79 Å². The van der Waals surface area contributed by atoms with Gasteiger partial charge in [-0.25, -0.2) is 0 Å². The van der Waals surface area contributed by atoms with Gasteiger partial charge in [0.15, 0.2) is 17.3 Å². The highest BCUT2D eigenvalue weighted by Gasteiger charge is 2.18. The fourth-order valence-electron chi connectivity index (χ4n) is 1.33. The number of ketones is 1. The van der Waals surface area contributed by atoms with Gasteiger partial charge in [0.05, 0.1) is 0 Å². The van der Waals surface area contributed by atoms with Crippen molar-refractivity contribution in [1.82, 2.24) is 0 Å². The largest absolute Gasteiger partial charge is 0.454 e. The quantitative estimate of drug-likeness (QED) is 0.568. The molecule has 1 aromatic carbocycles. The van der Waals surface area contributed by atoms with Crippen LogP contribution in [-0.4, -0.2) is 12.6 Å². The van der Waals surface area contributed by atoms with Crippen molar-refractivity contribution in [3.8, 4) is 11.5 Å². The second-order valence-corrected chi connectivity index (χ2v) is 2.97. The molecule has 4 nitrogen and oxygen atoms in total. The van der Waals surface area contributed by atoms with Crippen molar-refractivity contribution in [2.75, 3.05) is 12.5 Å². The van der Waals surface area contributed by atoms with Crippen LogP contribution in [0.15, 0.2) is 12.1 Å². The molecule has 0 amide bonds. The minimum Gasteiger partial charge on any atom is -0.454 e. The van der Waals surface area contributed by atoms with E-state index in [1.165, 1.54) is 0 Å². The minimum absolute atomic E-state index is 0.0965. The number of fused-ring (bicyclic) bond motifs is 1. The Bertz CT molecular complexity index is 387. The highest BCUT2D eigenvalue weighted by atomic mass is 16.7. The van der Waals surface area contributed by atoms with E-state index in [0.717, 1.165) is 0 Å². The van der Waals surface area contributed by atoms with Gasteiger partial charge in [-0.1, -0.05) is 0 Å². The van der Waals surface area contributed by atoms with Crippen LogP contribution in [0.2, 0.25) is 0 Å². The molecule has 1 aromatic rings. The average molecular weight is 192 g/mol. The third kappa shape index (κ3) is 1.28. The van der Waals surface area contributed by atoms with Crippen LogP contribution in [0.25, 0.3) is 0 Å². The van der Waals surface area contributed by atoms with Gasteiger partial charge in [-0.15, -0.1) is 0 Å². The molecule has 0 spiro atoms. The average Bonchev–Trinajstić information content (AvgIpc) is 2.62. The number of rotatable bonds is 2. The highest BCUT2D eigenvalue weighted by molar-refractivity contribution is 6.01. The van der Waals surface area contributed by atoms with E-state index in [2.05, 4.69) is 6.92 Å². The SMILES string of the molecule is [CH2]CC(=O)c1cc2c(cc1N)OCO2. The van der Waals surface area contributed by atoms with E-state index in [-0.39, 0.29) is 19.0 Å². The fourth-order valence-corrected chi connectivity index (χ4v) is 1.33. The normalized spacial score (nSPS) is 12.9. The Morgan fingerprint density at radius 3 is 2.71 bits per heavy atom. The van der Waals surface area contributed by atoms with E-state index in [9.17, 15) is 4.79 Å². The maximum absolute atomic E-state index is 11.4. The Balaban J connectivity index is 2.47. The Labute approximate surface area is 81.6 Å². The third-order valence-corrected chi connectivity index (χ3v) is 2.07. The first kappa shape index (κ1) is 8.87. The molecule has 73 valence electrons. The number of benzene rings is 1. The molecule has 1 radical (unpaired) electrons. The number of Topliss-reactive ketones (excluding diaryl/α,β-unsaturated/α-hetero) is 1. The van der Waals surface area contributed by atoms with E-state index in [1.807, 2.05) is 0 Å². The summed E-state index contributed by atoms with van der Waals surface area (Å²) in [4.78, 5) is 11.4. The molecule has 0 saturated heterocycles. The first-order valence-electron chi connectivity index (χ1n) is 4.24. The lowest BCUT2D eigenvalue weighted by Crippen LogP contribution is -2.02. The van der Waals surface area contributed by atoms with Crippen LogP contribution in [0, 0.1) is 6.92 Å². The van der Waals surface area contributed by atoms with Gasteiger partial charge in [0.25, 0.3) is 0 Å². The summed E-state index contributed by atoms with van der Waals surface area (Å²) in [5.41, 5.74) is 6.54. The summed E-state index contributed by atoms with van der Waals surface area (Å²) in [7, 11) is 0. The van der Waals surface area contributed by atoms with Crippen LogP contribution in [0.4, 0.5) is 5.69 Å². The molecule has 1 aliphatic rings. The molecule has 1 aliphatic heterocycles. The van der Waals surface area contributed by atoms with Crippen LogP contribution in [0.1, 0.15) is 16.8 Å². The van der Waals surface area contributed by atoms with E-state index in [1.54, 1.807) is 12.1 Å². The number of ether oxygens (including phenoxy) is 2. The molecular formula is C10H10NO3. The molecular weight excluding hydrogens is 182 g/mol. The second-order valence-electron chi connectivity index (χ2n) is 2.97. The summed E-state index contributed by atoms with van der Waals surface area (Å²) in [5.74, 6) is 1.06. The number of carbonyl (C=O) groups excluding carboxylic acids is 1. The third-order valence-electron chi connectivity index (χ3n) is 2.07. The van der Waals surface area contributed by atoms with Crippen molar-refractivity contribution >= 4 is 11.5 Å². The molecule has 4 heteroatoms. The topological polar surface area (TPSA) is 61.6 Å². The molecule has 2 N–H and O–H groups in total. The number of nitrogens with two attached hydrogens (primary N) is 1. The van der Waals surface area contributed by atoms with Gasteiger partial charge >= 0.3 is 0 Å². The van der Waals surface area contributed by atoms with E-state index < -0.39 is 0 Å². The Morgan fingerprint density at radius 1 is 1.43 bits per heavy atom. The van der Waals surface area contributed by atoms with Crippen molar-refractivity contribution in [3.05, 3.63) is 24.6 Å². The highest BCUT2D eigenvalue weighted by Crippen LogP contribution is 2.36. The van der Waals surface area contributed by atoms with Crippen molar-refractivity contribution < 1.29 is 14.3 Å². The Kier molecular flexibility index (Phi) is 2.04. The van der Waals surface area contributed by atoms with Gasteiger partial charge < -0.3 is 15.2 Å². The lowest BCUT2D eigenvalue weighted by molar-refractivity contribution is 0.0995. The number of carbonyl (C=O) groups is 1. The first-order valence-corrected chi connectivity index (χ1v) is 4.24. The van der Waals surface area contributed by atoms with E-state index in [0.29, 0.717) is 22.7 Å². The molecule has 0 fully saturated rings. The lowest BCUT2D eigenvalue weighted by atomic mass is 10.1. The molecule has 0 aromatic heterocycles. The minimum atomic E-state index is -0.0965. The van der Waals surface area contributed by atoms with Crippen LogP contribution in [0.5, 0.6) is 11.5 Å². The molecule has 0 aliphatic carbocycles. The number of nitrogen functional groups attached to an aromatic ring is 1. The zero-order chi connectivity index (χ0) is 10.1. The summed E-state index contributed by atoms with van der Waals surface area (Å²) in [6.45, 7) is 3.70. The zero-order valence-electron chi connectivity index (χ0n) is 7.58. The lowest BCUT2D eigenvalue weighted by Gasteiger charge is -2.04. The van der Waals surface area contributed by atoms with Crippen molar-refractivity contribution in [2.24, 2.45) is 0 Å². The van der Waals surface area contributed by atoms with Gasteiger partial charge in [-0.3, -0.25) is 4.79 Å². The van der Waals surface area contributed by atoms with Crippen LogP contribution >= 0.6 is 0 Å². The standard InChI is InChI=1S/C10H10NO3/c1-2-8(12)6-3-9-10(4-7(6)11)14-5-13-9/h3-4H,1-2,5,11H2. The summed E-state index contributed by atoms with van der Waals surface area (Å²) in [6.07, 6.45) is 0.184. The zero-order valence-corrected chi connectivity index (χ0v) is 7.58. The van der Waals surface area contributed by atoms with Crippen LogP contribution in [0.3, 0.4) is 0 Å². The summed E-state index contributed by atoms with van der Waals surface area (Å²) in [6, 6.07) is 3.20. The number of hydrogen-bond donors (Lipinski definition) is 1. The molecule has 0 bridgehead atoms. The predicted molar refractivity (Wildman–Crippen MR) is 51.3 cm³/mol. The molecule has 2 rings (SSSR count). The predicted octanol–water partition coefficient (Wildman–Crippen LogP) is 1.40. The van der Waals surface area contributed by atoms with Crippen molar-refractivity contribution in [1.29, 1.82) is 0 Å². The fraction of sp³-hybridized carbons (Fsp3) is 0.200. The summed E-state index contributed by atoms with van der Waals surface area (Å²) < 4.78 is 10.3. The van der Waals surface area contributed by atoms with E-state index in [4.69, 9.17) is 15.2 Å². The van der Waals surface area contributed by atoms with Crippen molar-refractivity contribution in [3.63, 3.8) is 0 Å². The van der Waals surface area contributed by atoms with E-state index >= 15 is 0 Å². The van der Waals surface area contributed by atoms with Crippen LogP contribution < -0.4 is 15.2 Å². The van der Waals surface area contributed by atoms with Crippen molar-refractivity contribution in [2.45, 2.75) is 6.42 Å². The number of anilines is 1. The van der Waals surface area contributed by atoms with Crippen LogP contribution in [-0.2, 0) is 0 Å². The molecule has 1 heterocycles. The molecule has 14 heavy (non-hydrogen) atoms.